The molecule has 0 aliphatic carbocycles. The molecule has 1 aromatic carbocycles. The van der Waals surface area contributed by atoms with Crippen molar-refractivity contribution < 1.29 is 0 Å². The average molecular weight is 487 g/mol. The smallest absolute Gasteiger partial charge is 0.191 e. The van der Waals surface area contributed by atoms with Gasteiger partial charge < -0.3 is 15.5 Å². The number of nitrogens with one attached hydrogen (secondary N) is 2. The van der Waals surface area contributed by atoms with E-state index in [1.807, 2.05) is 7.05 Å². The highest BCUT2D eigenvalue weighted by atomic mass is 127. The topological polar surface area (TPSA) is 42.9 Å². The third-order valence-corrected chi connectivity index (χ3v) is 5.09. The number of aliphatic imine (C=N–C) groups is 1. The van der Waals surface area contributed by atoms with Gasteiger partial charge in [-0.3, -0.25) is 9.89 Å². The van der Waals surface area contributed by atoms with Gasteiger partial charge in [0.25, 0.3) is 0 Å². The van der Waals surface area contributed by atoms with Gasteiger partial charge in [0.15, 0.2) is 5.96 Å². The molecule has 0 spiro atoms. The molecule has 5 nitrogen and oxygen atoms in total. The first-order valence-corrected chi connectivity index (χ1v) is 10.0. The van der Waals surface area contributed by atoms with E-state index in [9.17, 15) is 0 Å². The van der Waals surface area contributed by atoms with Crippen molar-refractivity contribution in [1.82, 2.24) is 20.4 Å². The van der Waals surface area contributed by atoms with Gasteiger partial charge in [-0.25, -0.2) is 0 Å². The molecule has 2 N–H and O–H groups in total. The van der Waals surface area contributed by atoms with Crippen LogP contribution in [-0.4, -0.2) is 62.6 Å². The number of likely N-dealkylation sites (tertiary alicyclic amines) is 1. The van der Waals surface area contributed by atoms with Crippen LogP contribution in [-0.2, 0) is 13.1 Å². The summed E-state index contributed by atoms with van der Waals surface area (Å²) in [6, 6.07) is 9.51. The van der Waals surface area contributed by atoms with Crippen LogP contribution in [0.3, 0.4) is 0 Å². The summed E-state index contributed by atoms with van der Waals surface area (Å²) in [6.45, 7) is 7.35. The number of hydrogen-bond acceptors (Lipinski definition) is 3. The lowest BCUT2D eigenvalue weighted by Crippen LogP contribution is -2.45. The molecule has 1 atom stereocenters. The highest BCUT2D eigenvalue weighted by Crippen LogP contribution is 2.18. The van der Waals surface area contributed by atoms with Crippen molar-refractivity contribution in [3.05, 3.63) is 35.4 Å². The fourth-order valence-corrected chi connectivity index (χ4v) is 3.74. The molecule has 1 unspecified atom stereocenters. The van der Waals surface area contributed by atoms with Gasteiger partial charge in [0, 0.05) is 39.3 Å². The molecule has 1 aromatic rings. The molecule has 1 aliphatic rings. The maximum Gasteiger partial charge on any atom is 0.191 e. The third-order valence-electron chi connectivity index (χ3n) is 5.09. The third kappa shape index (κ3) is 8.79. The van der Waals surface area contributed by atoms with Crippen LogP contribution in [0.4, 0.5) is 0 Å². The van der Waals surface area contributed by atoms with Gasteiger partial charge in [-0.2, -0.15) is 0 Å². The Balaban J connectivity index is 0.00000364. The number of rotatable bonds is 8. The zero-order chi connectivity index (χ0) is 18.8. The number of piperidine rings is 1. The molecular weight excluding hydrogens is 449 g/mol. The highest BCUT2D eigenvalue weighted by molar-refractivity contribution is 14.0. The maximum absolute atomic E-state index is 4.36. The Morgan fingerprint density at radius 1 is 1.22 bits per heavy atom. The van der Waals surface area contributed by atoms with Crippen LogP contribution in [0, 0.1) is 0 Å². The number of nitrogens with zero attached hydrogens (tertiary/aromatic N) is 3. The standard InChI is InChI=1S/C21H37N5.HI/c1-5-20-11-6-7-13-26(20)14-12-23-21(22-2)24-16-18-9-8-10-19(15-18)17-25(3)4;/h8-10,15,20H,5-7,11-14,16-17H2,1-4H3,(H2,22,23,24);1H. The van der Waals surface area contributed by atoms with Crippen molar-refractivity contribution >= 4 is 29.9 Å². The maximum atomic E-state index is 4.36. The van der Waals surface area contributed by atoms with Crippen LogP contribution in [0.5, 0.6) is 0 Å². The van der Waals surface area contributed by atoms with Crippen LogP contribution in [0.15, 0.2) is 29.3 Å². The minimum Gasteiger partial charge on any atom is -0.355 e. The van der Waals surface area contributed by atoms with E-state index in [4.69, 9.17) is 0 Å². The zero-order valence-corrected chi connectivity index (χ0v) is 19.8. The first kappa shape index (κ1) is 24.2. The van der Waals surface area contributed by atoms with Crippen LogP contribution in [0.1, 0.15) is 43.7 Å². The van der Waals surface area contributed by atoms with Crippen LogP contribution >= 0.6 is 24.0 Å². The van der Waals surface area contributed by atoms with E-state index < -0.39 is 0 Å². The summed E-state index contributed by atoms with van der Waals surface area (Å²) in [6.07, 6.45) is 5.34. The zero-order valence-electron chi connectivity index (χ0n) is 17.5. The Bertz CT molecular complexity index is 561. The summed E-state index contributed by atoms with van der Waals surface area (Å²) < 4.78 is 0. The van der Waals surface area contributed by atoms with Gasteiger partial charge in [-0.1, -0.05) is 37.6 Å². The van der Waals surface area contributed by atoms with E-state index in [1.165, 1.54) is 43.4 Å². The number of guanidine groups is 1. The molecule has 154 valence electrons. The van der Waals surface area contributed by atoms with Crippen LogP contribution in [0.2, 0.25) is 0 Å². The second-order valence-electron chi connectivity index (χ2n) is 7.50. The first-order chi connectivity index (χ1) is 12.6. The predicted octanol–water partition coefficient (Wildman–Crippen LogP) is 3.30. The van der Waals surface area contributed by atoms with E-state index in [-0.39, 0.29) is 24.0 Å². The van der Waals surface area contributed by atoms with Crippen molar-refractivity contribution in [2.45, 2.75) is 51.7 Å². The van der Waals surface area contributed by atoms with Crippen LogP contribution in [0.25, 0.3) is 0 Å². The molecule has 27 heavy (non-hydrogen) atoms. The molecule has 0 radical (unpaired) electrons. The van der Waals surface area contributed by atoms with Crippen molar-refractivity contribution in [1.29, 1.82) is 0 Å². The lowest BCUT2D eigenvalue weighted by atomic mass is 10.0. The van der Waals surface area contributed by atoms with Crippen molar-refractivity contribution in [2.75, 3.05) is 40.8 Å². The minimum absolute atomic E-state index is 0. The van der Waals surface area contributed by atoms with Crippen molar-refractivity contribution in [3.8, 4) is 0 Å². The normalized spacial score (nSPS) is 18.3. The molecule has 0 amide bonds. The minimum atomic E-state index is 0. The van der Waals surface area contributed by atoms with E-state index >= 15 is 0 Å². The van der Waals surface area contributed by atoms with Gasteiger partial charge in [-0.15, -0.1) is 24.0 Å². The van der Waals surface area contributed by atoms with Gasteiger partial charge >= 0.3 is 0 Å². The Labute approximate surface area is 183 Å². The number of hydrogen-bond donors (Lipinski definition) is 2. The monoisotopic (exact) mass is 487 g/mol. The van der Waals surface area contributed by atoms with Gasteiger partial charge in [0.2, 0.25) is 0 Å². The highest BCUT2D eigenvalue weighted by Gasteiger charge is 2.19. The van der Waals surface area contributed by atoms with Crippen molar-refractivity contribution in [2.24, 2.45) is 4.99 Å². The Hall–Kier alpha value is -0.860. The van der Waals surface area contributed by atoms with Gasteiger partial charge in [0.05, 0.1) is 0 Å². The predicted molar refractivity (Wildman–Crippen MR) is 127 cm³/mol. The molecule has 1 fully saturated rings. The molecule has 1 heterocycles. The van der Waals surface area contributed by atoms with E-state index in [1.54, 1.807) is 0 Å². The fourth-order valence-electron chi connectivity index (χ4n) is 3.74. The van der Waals surface area contributed by atoms with Crippen molar-refractivity contribution in [3.63, 3.8) is 0 Å². The quantitative estimate of drug-likeness (QED) is 0.336. The van der Waals surface area contributed by atoms with E-state index in [0.29, 0.717) is 0 Å². The Kier molecular flexibility index (Phi) is 11.9. The summed E-state index contributed by atoms with van der Waals surface area (Å²) in [5.41, 5.74) is 2.63. The number of benzene rings is 1. The van der Waals surface area contributed by atoms with Gasteiger partial charge in [0.1, 0.15) is 0 Å². The summed E-state index contributed by atoms with van der Waals surface area (Å²) in [5.74, 6) is 0.882. The lowest BCUT2D eigenvalue weighted by Gasteiger charge is -2.35. The van der Waals surface area contributed by atoms with Crippen LogP contribution < -0.4 is 10.6 Å². The second kappa shape index (κ2) is 13.3. The van der Waals surface area contributed by atoms with E-state index in [2.05, 4.69) is 70.7 Å². The molecule has 1 aliphatic heterocycles. The summed E-state index contributed by atoms with van der Waals surface area (Å²) in [4.78, 5) is 9.19. The average Bonchev–Trinajstić information content (AvgIpc) is 2.64. The summed E-state index contributed by atoms with van der Waals surface area (Å²) >= 11 is 0. The first-order valence-electron chi connectivity index (χ1n) is 10.0. The van der Waals surface area contributed by atoms with Gasteiger partial charge in [-0.05, 0) is 51.0 Å². The fraction of sp³-hybridized carbons (Fsp3) is 0.667. The molecule has 0 saturated carbocycles. The number of halogens is 1. The molecular formula is C21H38IN5. The second-order valence-corrected chi connectivity index (χ2v) is 7.50. The molecule has 0 bridgehead atoms. The Morgan fingerprint density at radius 3 is 2.70 bits per heavy atom. The van der Waals surface area contributed by atoms with E-state index in [0.717, 1.165) is 38.2 Å². The molecule has 2 rings (SSSR count). The molecule has 1 saturated heterocycles. The SMILES string of the molecule is CCC1CCCCN1CCNC(=NC)NCc1cccc(CN(C)C)c1.I. The summed E-state index contributed by atoms with van der Waals surface area (Å²) in [5, 5.41) is 6.90. The largest absolute Gasteiger partial charge is 0.355 e. The molecule has 6 heteroatoms. The summed E-state index contributed by atoms with van der Waals surface area (Å²) in [7, 11) is 6.04. The Morgan fingerprint density at radius 2 is 2.00 bits per heavy atom. The molecule has 0 aromatic heterocycles. The lowest BCUT2D eigenvalue weighted by molar-refractivity contribution is 0.147.